The molecule has 0 aliphatic carbocycles. The molecule has 0 atom stereocenters. The molecule has 0 unspecified atom stereocenters. The third kappa shape index (κ3) is 2.80. The zero-order chi connectivity index (χ0) is 15.7. The number of halogens is 2. The summed E-state index contributed by atoms with van der Waals surface area (Å²) in [6.07, 6.45) is 0. The fraction of sp³-hybridized carbons (Fsp3) is 0.125. The molecular formula is C16H13ClFN3O. The molecule has 1 heterocycles. The van der Waals surface area contributed by atoms with E-state index in [0.717, 1.165) is 5.56 Å². The summed E-state index contributed by atoms with van der Waals surface area (Å²) in [5.74, 6) is 0.110. The van der Waals surface area contributed by atoms with Crippen LogP contribution in [0, 0.1) is 12.7 Å². The van der Waals surface area contributed by atoms with Crippen molar-refractivity contribution in [2.24, 2.45) is 0 Å². The van der Waals surface area contributed by atoms with Gasteiger partial charge in [0.15, 0.2) is 0 Å². The van der Waals surface area contributed by atoms with E-state index in [0.29, 0.717) is 23.1 Å². The fourth-order valence-corrected chi connectivity index (χ4v) is 2.42. The Kier molecular flexibility index (Phi) is 3.81. The average molecular weight is 318 g/mol. The summed E-state index contributed by atoms with van der Waals surface area (Å²) in [4.78, 5) is 12.5. The van der Waals surface area contributed by atoms with Gasteiger partial charge in [0.25, 0.3) is 0 Å². The van der Waals surface area contributed by atoms with E-state index >= 15 is 0 Å². The maximum absolute atomic E-state index is 13.4. The first-order valence-electron chi connectivity index (χ1n) is 6.71. The normalized spacial score (nSPS) is 10.9. The Morgan fingerprint density at radius 1 is 1.18 bits per heavy atom. The molecule has 0 aliphatic rings. The molecule has 22 heavy (non-hydrogen) atoms. The van der Waals surface area contributed by atoms with E-state index in [2.05, 4.69) is 5.10 Å². The van der Waals surface area contributed by atoms with E-state index in [-0.39, 0.29) is 5.69 Å². The lowest BCUT2D eigenvalue weighted by Crippen LogP contribution is -2.24. The Labute approximate surface area is 131 Å². The van der Waals surface area contributed by atoms with Gasteiger partial charge in [-0.15, -0.1) is 0 Å². The van der Waals surface area contributed by atoms with Crippen LogP contribution in [0.1, 0.15) is 11.4 Å². The van der Waals surface area contributed by atoms with Crippen molar-refractivity contribution in [2.45, 2.75) is 13.5 Å². The Hall–Kier alpha value is -2.40. The van der Waals surface area contributed by atoms with Crippen LogP contribution in [0.15, 0.2) is 53.3 Å². The zero-order valence-corrected chi connectivity index (χ0v) is 12.6. The van der Waals surface area contributed by atoms with Crippen molar-refractivity contribution < 1.29 is 4.39 Å². The van der Waals surface area contributed by atoms with Crippen molar-refractivity contribution in [1.29, 1.82) is 0 Å². The number of hydrogen-bond donors (Lipinski definition) is 0. The highest BCUT2D eigenvalue weighted by molar-refractivity contribution is 6.30. The highest BCUT2D eigenvalue weighted by atomic mass is 35.5. The van der Waals surface area contributed by atoms with Gasteiger partial charge in [0.05, 0.1) is 12.2 Å². The van der Waals surface area contributed by atoms with Gasteiger partial charge in [-0.05, 0) is 42.8 Å². The van der Waals surface area contributed by atoms with E-state index in [1.165, 1.54) is 21.4 Å². The van der Waals surface area contributed by atoms with Crippen LogP contribution >= 0.6 is 11.6 Å². The lowest BCUT2D eigenvalue weighted by Gasteiger charge is -2.02. The maximum atomic E-state index is 13.4. The Morgan fingerprint density at radius 2 is 1.91 bits per heavy atom. The van der Waals surface area contributed by atoms with Gasteiger partial charge in [-0.2, -0.15) is 5.10 Å². The first-order valence-corrected chi connectivity index (χ1v) is 7.09. The molecule has 0 fully saturated rings. The molecule has 0 radical (unpaired) electrons. The van der Waals surface area contributed by atoms with Crippen molar-refractivity contribution in [1.82, 2.24) is 14.3 Å². The third-order valence-corrected chi connectivity index (χ3v) is 3.57. The molecule has 3 rings (SSSR count). The Balaban J connectivity index is 2.00. The third-order valence-electron chi connectivity index (χ3n) is 3.31. The molecule has 0 bridgehead atoms. The Bertz CT molecular complexity index is 868. The average Bonchev–Trinajstić information content (AvgIpc) is 2.76. The van der Waals surface area contributed by atoms with Crippen molar-refractivity contribution in [2.75, 3.05) is 0 Å². The molecule has 0 saturated carbocycles. The van der Waals surface area contributed by atoms with Crippen LogP contribution < -0.4 is 5.69 Å². The molecule has 6 heteroatoms. The standard InChI is InChI=1S/C16H13ClFN3O/c1-11-19-20(10-12-5-7-13(17)8-6-12)16(22)21(11)15-4-2-3-14(18)9-15/h2-9H,10H2,1H3. The lowest BCUT2D eigenvalue weighted by molar-refractivity contribution is 0.625. The first-order chi connectivity index (χ1) is 10.5. The quantitative estimate of drug-likeness (QED) is 0.744. The molecular weight excluding hydrogens is 305 g/mol. The van der Waals surface area contributed by atoms with E-state index in [1.54, 1.807) is 31.2 Å². The van der Waals surface area contributed by atoms with Gasteiger partial charge in [0, 0.05) is 5.02 Å². The van der Waals surface area contributed by atoms with E-state index in [4.69, 9.17) is 11.6 Å². The van der Waals surface area contributed by atoms with E-state index in [1.807, 2.05) is 12.1 Å². The summed E-state index contributed by atoms with van der Waals surface area (Å²) in [6, 6.07) is 13.1. The summed E-state index contributed by atoms with van der Waals surface area (Å²) >= 11 is 5.85. The van der Waals surface area contributed by atoms with E-state index in [9.17, 15) is 9.18 Å². The number of rotatable bonds is 3. The minimum atomic E-state index is -0.394. The monoisotopic (exact) mass is 317 g/mol. The molecule has 1 aromatic heterocycles. The van der Waals surface area contributed by atoms with Crippen LogP contribution in [-0.4, -0.2) is 14.3 Å². The van der Waals surface area contributed by atoms with E-state index < -0.39 is 5.82 Å². The lowest BCUT2D eigenvalue weighted by atomic mass is 10.2. The molecule has 0 saturated heterocycles. The smallest absolute Gasteiger partial charge is 0.247 e. The molecule has 0 aliphatic heterocycles. The number of aryl methyl sites for hydroxylation is 1. The van der Waals surface area contributed by atoms with Gasteiger partial charge in [-0.1, -0.05) is 29.8 Å². The van der Waals surface area contributed by atoms with Crippen LogP contribution in [0.25, 0.3) is 5.69 Å². The minimum absolute atomic E-state index is 0.307. The predicted molar refractivity (Wildman–Crippen MR) is 83.1 cm³/mol. The maximum Gasteiger partial charge on any atom is 0.350 e. The summed E-state index contributed by atoms with van der Waals surface area (Å²) in [5.41, 5.74) is 1.07. The highest BCUT2D eigenvalue weighted by Crippen LogP contribution is 2.12. The number of hydrogen-bond acceptors (Lipinski definition) is 2. The molecule has 0 N–H and O–H groups in total. The van der Waals surface area contributed by atoms with Crippen LogP contribution in [0.2, 0.25) is 5.02 Å². The summed E-state index contributed by atoms with van der Waals surface area (Å²) < 4.78 is 16.1. The van der Waals surface area contributed by atoms with Crippen LogP contribution in [0.3, 0.4) is 0 Å². The first kappa shape index (κ1) is 14.5. The van der Waals surface area contributed by atoms with Crippen molar-refractivity contribution in [3.8, 4) is 5.69 Å². The molecule has 0 amide bonds. The highest BCUT2D eigenvalue weighted by Gasteiger charge is 2.12. The largest absolute Gasteiger partial charge is 0.350 e. The van der Waals surface area contributed by atoms with Gasteiger partial charge in [0.2, 0.25) is 0 Å². The SMILES string of the molecule is Cc1nn(Cc2ccc(Cl)cc2)c(=O)n1-c1cccc(F)c1. The van der Waals surface area contributed by atoms with Crippen LogP contribution in [-0.2, 0) is 6.54 Å². The second-order valence-electron chi connectivity index (χ2n) is 4.93. The van der Waals surface area contributed by atoms with Gasteiger partial charge in [-0.3, -0.25) is 0 Å². The fourth-order valence-electron chi connectivity index (χ4n) is 2.29. The second kappa shape index (κ2) is 5.77. The summed E-state index contributed by atoms with van der Waals surface area (Å²) in [5, 5.41) is 4.88. The molecule has 2 aromatic carbocycles. The Morgan fingerprint density at radius 3 is 2.59 bits per heavy atom. The number of aromatic nitrogens is 3. The van der Waals surface area contributed by atoms with Gasteiger partial charge < -0.3 is 0 Å². The second-order valence-corrected chi connectivity index (χ2v) is 5.37. The van der Waals surface area contributed by atoms with Gasteiger partial charge >= 0.3 is 5.69 Å². The van der Waals surface area contributed by atoms with Crippen LogP contribution in [0.5, 0.6) is 0 Å². The molecule has 3 aromatic rings. The van der Waals surface area contributed by atoms with Gasteiger partial charge in [0.1, 0.15) is 11.6 Å². The van der Waals surface area contributed by atoms with Crippen molar-refractivity contribution in [3.63, 3.8) is 0 Å². The molecule has 4 nitrogen and oxygen atoms in total. The zero-order valence-electron chi connectivity index (χ0n) is 11.8. The van der Waals surface area contributed by atoms with Crippen LogP contribution in [0.4, 0.5) is 4.39 Å². The van der Waals surface area contributed by atoms with Crippen molar-refractivity contribution in [3.05, 3.63) is 81.2 Å². The van der Waals surface area contributed by atoms with Crippen molar-refractivity contribution >= 4 is 11.6 Å². The predicted octanol–water partition coefficient (Wildman–Crippen LogP) is 3.18. The topological polar surface area (TPSA) is 39.8 Å². The summed E-state index contributed by atoms with van der Waals surface area (Å²) in [6.45, 7) is 2.05. The number of nitrogens with zero attached hydrogens (tertiary/aromatic N) is 3. The minimum Gasteiger partial charge on any atom is -0.247 e. The molecule has 112 valence electrons. The summed E-state index contributed by atoms with van der Waals surface area (Å²) in [7, 11) is 0. The molecule has 0 spiro atoms. The van der Waals surface area contributed by atoms with Gasteiger partial charge in [-0.25, -0.2) is 18.4 Å². The number of benzene rings is 2.